The molecular weight excluding hydrogens is 340 g/mol. The number of benzene rings is 1. The van der Waals surface area contributed by atoms with E-state index in [0.29, 0.717) is 12.5 Å². The first kappa shape index (κ1) is 17.9. The summed E-state index contributed by atoms with van der Waals surface area (Å²) in [4.78, 5) is 17.0. The minimum atomic E-state index is 0.0243. The first-order chi connectivity index (χ1) is 13.1. The van der Waals surface area contributed by atoms with Gasteiger partial charge in [-0.05, 0) is 49.4 Å². The molecule has 27 heavy (non-hydrogen) atoms. The first-order valence-corrected chi connectivity index (χ1v) is 9.51. The maximum absolute atomic E-state index is 12.1. The van der Waals surface area contributed by atoms with Gasteiger partial charge in [0.25, 0.3) is 5.56 Å². The van der Waals surface area contributed by atoms with Crippen molar-refractivity contribution in [3.05, 3.63) is 51.9 Å². The largest absolute Gasteiger partial charge is 0.381 e. The van der Waals surface area contributed by atoms with Crippen LogP contribution < -0.4 is 11.3 Å². The Balaban J connectivity index is 1.88. The second-order valence-electron chi connectivity index (χ2n) is 7.46. The molecule has 6 heteroatoms. The van der Waals surface area contributed by atoms with Crippen molar-refractivity contribution in [2.45, 2.75) is 32.9 Å². The summed E-state index contributed by atoms with van der Waals surface area (Å²) < 4.78 is 9.45. The number of imidazole rings is 1. The van der Waals surface area contributed by atoms with Gasteiger partial charge in [-0.2, -0.15) is 0 Å². The van der Waals surface area contributed by atoms with Crippen molar-refractivity contribution in [2.24, 2.45) is 18.7 Å². The van der Waals surface area contributed by atoms with E-state index in [0.717, 1.165) is 66.1 Å². The topological polar surface area (TPSA) is 75.1 Å². The van der Waals surface area contributed by atoms with Crippen molar-refractivity contribution in [3.63, 3.8) is 0 Å². The molecule has 0 radical (unpaired) electrons. The minimum Gasteiger partial charge on any atom is -0.381 e. The van der Waals surface area contributed by atoms with Gasteiger partial charge in [0, 0.05) is 50.7 Å². The second-order valence-corrected chi connectivity index (χ2v) is 7.46. The molecule has 0 saturated carbocycles. The van der Waals surface area contributed by atoms with E-state index < -0.39 is 0 Å². The zero-order valence-electron chi connectivity index (χ0n) is 15.9. The van der Waals surface area contributed by atoms with E-state index >= 15 is 0 Å². The first-order valence-electron chi connectivity index (χ1n) is 9.51. The summed E-state index contributed by atoms with van der Waals surface area (Å²) in [5.41, 5.74) is 10.7. The van der Waals surface area contributed by atoms with Gasteiger partial charge in [-0.15, -0.1) is 0 Å². The molecule has 0 spiro atoms. The Labute approximate surface area is 158 Å². The number of hydrogen-bond acceptors (Lipinski definition) is 4. The van der Waals surface area contributed by atoms with Gasteiger partial charge in [-0.25, -0.2) is 4.98 Å². The Bertz CT molecular complexity index is 1000. The van der Waals surface area contributed by atoms with E-state index in [2.05, 4.69) is 10.6 Å². The molecule has 0 amide bonds. The molecule has 4 rings (SSSR count). The van der Waals surface area contributed by atoms with Crippen LogP contribution in [0, 0.1) is 12.8 Å². The van der Waals surface area contributed by atoms with Crippen LogP contribution in [-0.4, -0.2) is 27.3 Å². The summed E-state index contributed by atoms with van der Waals surface area (Å²) in [7, 11) is 1.79. The maximum Gasteiger partial charge on any atom is 0.253 e. The van der Waals surface area contributed by atoms with Gasteiger partial charge >= 0.3 is 0 Å². The number of nitrogens with zero attached hydrogens (tertiary/aromatic N) is 3. The van der Waals surface area contributed by atoms with Gasteiger partial charge in [0.1, 0.15) is 5.82 Å². The highest BCUT2D eigenvalue weighted by Gasteiger charge is 2.20. The number of hydrogen-bond donors (Lipinski definition) is 1. The number of fused-ring (bicyclic) bond motifs is 1. The maximum atomic E-state index is 12.1. The number of ether oxygens (including phenoxy) is 1. The van der Waals surface area contributed by atoms with Crippen LogP contribution in [-0.2, 0) is 24.9 Å². The normalized spacial score (nSPS) is 15.5. The van der Waals surface area contributed by atoms with Gasteiger partial charge in [-0.1, -0.05) is 6.07 Å². The molecule has 0 aliphatic carbocycles. The quantitative estimate of drug-likeness (QED) is 0.770. The predicted molar refractivity (Wildman–Crippen MR) is 107 cm³/mol. The Morgan fingerprint density at radius 1 is 1.26 bits per heavy atom. The van der Waals surface area contributed by atoms with Crippen LogP contribution in [0.2, 0.25) is 0 Å². The predicted octanol–water partition coefficient (Wildman–Crippen LogP) is 2.60. The van der Waals surface area contributed by atoms with E-state index in [1.807, 2.05) is 31.3 Å². The lowest BCUT2D eigenvalue weighted by molar-refractivity contribution is 0.0617. The molecule has 3 heterocycles. The summed E-state index contributed by atoms with van der Waals surface area (Å²) in [6.45, 7) is 4.89. The Morgan fingerprint density at radius 2 is 2.04 bits per heavy atom. The number of aromatic nitrogens is 3. The third-order valence-corrected chi connectivity index (χ3v) is 5.45. The molecule has 1 aliphatic heterocycles. The minimum absolute atomic E-state index is 0.0243. The van der Waals surface area contributed by atoms with Crippen LogP contribution in [0.1, 0.15) is 24.0 Å². The third kappa shape index (κ3) is 3.42. The summed E-state index contributed by atoms with van der Waals surface area (Å²) in [5.74, 6) is 1.47. The Morgan fingerprint density at radius 3 is 2.74 bits per heavy atom. The SMILES string of the molecule is Cc1cc(-c2nc3ccc(CN)cc3n2CC2CCOCC2)cn(C)c1=O. The average Bonchev–Trinajstić information content (AvgIpc) is 3.04. The molecular formula is C21H26N4O2. The van der Waals surface area contributed by atoms with Crippen molar-refractivity contribution < 1.29 is 4.74 Å². The van der Waals surface area contributed by atoms with Crippen molar-refractivity contribution >= 4 is 11.0 Å². The van der Waals surface area contributed by atoms with Crippen LogP contribution >= 0.6 is 0 Å². The molecule has 2 aromatic heterocycles. The van der Waals surface area contributed by atoms with Crippen molar-refractivity contribution in [2.75, 3.05) is 13.2 Å². The standard InChI is InChI=1S/C21H26N4O2/c1-14-9-17(13-24(2)21(14)26)20-23-18-4-3-16(11-22)10-19(18)25(20)12-15-5-7-27-8-6-15/h3-4,9-10,13,15H,5-8,11-12,22H2,1-2H3. The van der Waals surface area contributed by atoms with Crippen molar-refractivity contribution in [1.82, 2.24) is 14.1 Å². The number of aryl methyl sites for hydroxylation is 2. The zero-order chi connectivity index (χ0) is 19.0. The molecule has 3 aromatic rings. The zero-order valence-corrected chi connectivity index (χ0v) is 15.9. The molecule has 1 fully saturated rings. The van der Waals surface area contributed by atoms with Crippen LogP contribution in [0.15, 0.2) is 35.3 Å². The summed E-state index contributed by atoms with van der Waals surface area (Å²) in [6, 6.07) is 8.15. The highest BCUT2D eigenvalue weighted by molar-refractivity contribution is 5.81. The molecule has 1 aliphatic rings. The van der Waals surface area contributed by atoms with Crippen molar-refractivity contribution in [3.8, 4) is 11.4 Å². The number of nitrogens with two attached hydrogens (primary N) is 1. The van der Waals surface area contributed by atoms with Crippen LogP contribution in [0.4, 0.5) is 0 Å². The summed E-state index contributed by atoms with van der Waals surface area (Å²) >= 11 is 0. The lowest BCUT2D eigenvalue weighted by Crippen LogP contribution is -2.21. The fourth-order valence-corrected chi connectivity index (χ4v) is 3.89. The van der Waals surface area contributed by atoms with E-state index in [1.165, 1.54) is 0 Å². The fraction of sp³-hybridized carbons (Fsp3) is 0.429. The van der Waals surface area contributed by atoms with E-state index in [4.69, 9.17) is 15.5 Å². The third-order valence-electron chi connectivity index (χ3n) is 5.45. The second kappa shape index (κ2) is 7.29. The van der Waals surface area contributed by atoms with Crippen LogP contribution in [0.3, 0.4) is 0 Å². The molecule has 0 atom stereocenters. The van der Waals surface area contributed by atoms with Crippen molar-refractivity contribution in [1.29, 1.82) is 0 Å². The van der Waals surface area contributed by atoms with E-state index in [9.17, 15) is 4.79 Å². The molecule has 2 N–H and O–H groups in total. The number of rotatable bonds is 4. The monoisotopic (exact) mass is 366 g/mol. The van der Waals surface area contributed by atoms with E-state index in [1.54, 1.807) is 11.6 Å². The fourth-order valence-electron chi connectivity index (χ4n) is 3.89. The van der Waals surface area contributed by atoms with E-state index in [-0.39, 0.29) is 5.56 Å². The number of pyridine rings is 1. The molecule has 6 nitrogen and oxygen atoms in total. The summed E-state index contributed by atoms with van der Waals surface area (Å²) in [5, 5.41) is 0. The lowest BCUT2D eigenvalue weighted by Gasteiger charge is -2.23. The van der Waals surface area contributed by atoms with Gasteiger partial charge < -0.3 is 19.6 Å². The molecule has 0 bridgehead atoms. The molecule has 1 aromatic carbocycles. The van der Waals surface area contributed by atoms with Crippen LogP contribution in [0.25, 0.3) is 22.4 Å². The lowest BCUT2D eigenvalue weighted by atomic mass is 10.00. The van der Waals surface area contributed by atoms with Gasteiger partial charge in [0.05, 0.1) is 11.0 Å². The smallest absolute Gasteiger partial charge is 0.253 e. The Kier molecular flexibility index (Phi) is 4.85. The highest BCUT2D eigenvalue weighted by Crippen LogP contribution is 2.28. The average molecular weight is 366 g/mol. The van der Waals surface area contributed by atoms with Gasteiger partial charge in [-0.3, -0.25) is 4.79 Å². The highest BCUT2D eigenvalue weighted by atomic mass is 16.5. The molecule has 142 valence electrons. The summed E-state index contributed by atoms with van der Waals surface area (Å²) in [6.07, 6.45) is 3.99. The van der Waals surface area contributed by atoms with Gasteiger partial charge in [0.2, 0.25) is 0 Å². The Hall–Kier alpha value is -2.44. The van der Waals surface area contributed by atoms with Crippen LogP contribution in [0.5, 0.6) is 0 Å². The molecule has 1 saturated heterocycles. The molecule has 0 unspecified atom stereocenters. The van der Waals surface area contributed by atoms with Gasteiger partial charge in [0.15, 0.2) is 0 Å².